The van der Waals surface area contributed by atoms with Gasteiger partial charge in [0.25, 0.3) is 5.91 Å². The highest BCUT2D eigenvalue weighted by Crippen LogP contribution is 2.13. The van der Waals surface area contributed by atoms with Crippen LogP contribution in [-0.4, -0.2) is 23.0 Å². The first kappa shape index (κ1) is 12.0. The number of rotatable bonds is 3. The van der Waals surface area contributed by atoms with Gasteiger partial charge in [0.05, 0.1) is 5.56 Å². The maximum Gasteiger partial charge on any atom is 0.325 e. The molecule has 5 nitrogen and oxygen atoms in total. The van der Waals surface area contributed by atoms with Crippen molar-refractivity contribution in [2.24, 2.45) is 0 Å². The Labute approximate surface area is 93.3 Å². The van der Waals surface area contributed by atoms with E-state index in [9.17, 15) is 9.59 Å². The molecule has 0 unspecified atom stereocenters. The van der Waals surface area contributed by atoms with Gasteiger partial charge in [0.2, 0.25) is 0 Å². The van der Waals surface area contributed by atoms with Gasteiger partial charge in [0, 0.05) is 5.69 Å². The van der Waals surface area contributed by atoms with Gasteiger partial charge in [-0.3, -0.25) is 9.59 Å². The third kappa shape index (κ3) is 2.73. The molecule has 1 amide bonds. The lowest BCUT2D eigenvalue weighted by molar-refractivity contribution is -0.138. The Kier molecular flexibility index (Phi) is 3.50. The number of hydrogen-bond donors (Lipinski definition) is 3. The van der Waals surface area contributed by atoms with Gasteiger partial charge in [-0.25, -0.2) is 0 Å². The first-order valence-electron chi connectivity index (χ1n) is 4.81. The van der Waals surface area contributed by atoms with E-state index in [4.69, 9.17) is 10.8 Å². The third-order valence-corrected chi connectivity index (χ3v) is 2.17. The average Bonchev–Trinajstić information content (AvgIpc) is 2.21. The minimum atomic E-state index is -1.08. The van der Waals surface area contributed by atoms with Crippen molar-refractivity contribution in [3.63, 3.8) is 0 Å². The number of carboxylic acid groups (broad SMARTS) is 1. The second-order valence-corrected chi connectivity index (χ2v) is 3.62. The fourth-order valence-electron chi connectivity index (χ4n) is 1.20. The number of carbonyl (C=O) groups excluding carboxylic acids is 1. The largest absolute Gasteiger partial charge is 0.480 e. The van der Waals surface area contributed by atoms with Gasteiger partial charge in [0.15, 0.2) is 0 Å². The van der Waals surface area contributed by atoms with Crippen LogP contribution >= 0.6 is 0 Å². The second-order valence-electron chi connectivity index (χ2n) is 3.62. The number of nitrogen functional groups attached to an aromatic ring is 1. The Bertz CT molecular complexity index is 429. The van der Waals surface area contributed by atoms with E-state index in [0.717, 1.165) is 5.56 Å². The van der Waals surface area contributed by atoms with Crippen LogP contribution in [0.4, 0.5) is 5.69 Å². The molecule has 1 atom stereocenters. The lowest BCUT2D eigenvalue weighted by Gasteiger charge is -2.11. The molecule has 0 heterocycles. The van der Waals surface area contributed by atoms with Crippen LogP contribution in [0.1, 0.15) is 22.8 Å². The van der Waals surface area contributed by atoms with Crippen LogP contribution in [0.5, 0.6) is 0 Å². The van der Waals surface area contributed by atoms with Crippen molar-refractivity contribution in [3.8, 4) is 0 Å². The summed E-state index contributed by atoms with van der Waals surface area (Å²) in [4.78, 5) is 22.3. The monoisotopic (exact) mass is 222 g/mol. The Morgan fingerprint density at radius 3 is 2.62 bits per heavy atom. The standard InChI is InChI=1S/C11H14N2O3/c1-6-3-4-9(12)8(5-6)10(14)13-7(2)11(15)16/h3-5,7H,12H2,1-2H3,(H,13,14)(H,15,16)/t7-/m0/s1. The summed E-state index contributed by atoms with van der Waals surface area (Å²) < 4.78 is 0. The van der Waals surface area contributed by atoms with Gasteiger partial charge in [-0.05, 0) is 26.0 Å². The molecule has 0 aliphatic carbocycles. The molecule has 1 aromatic carbocycles. The summed E-state index contributed by atoms with van der Waals surface area (Å²) in [6.07, 6.45) is 0. The zero-order valence-electron chi connectivity index (χ0n) is 9.15. The van der Waals surface area contributed by atoms with Gasteiger partial charge in [-0.15, -0.1) is 0 Å². The Morgan fingerprint density at radius 2 is 2.06 bits per heavy atom. The molecule has 0 aliphatic rings. The maximum absolute atomic E-state index is 11.7. The van der Waals surface area contributed by atoms with Crippen molar-refractivity contribution in [2.75, 3.05) is 5.73 Å². The second kappa shape index (κ2) is 4.65. The minimum absolute atomic E-state index is 0.299. The van der Waals surface area contributed by atoms with Crippen molar-refractivity contribution >= 4 is 17.6 Å². The van der Waals surface area contributed by atoms with E-state index >= 15 is 0 Å². The van der Waals surface area contributed by atoms with Crippen LogP contribution < -0.4 is 11.1 Å². The number of aliphatic carboxylic acids is 1. The number of nitrogens with two attached hydrogens (primary N) is 1. The van der Waals surface area contributed by atoms with Crippen LogP contribution in [0.15, 0.2) is 18.2 Å². The predicted molar refractivity (Wildman–Crippen MR) is 60.2 cm³/mol. The van der Waals surface area contributed by atoms with E-state index in [1.807, 2.05) is 6.92 Å². The van der Waals surface area contributed by atoms with Crippen molar-refractivity contribution in [3.05, 3.63) is 29.3 Å². The topological polar surface area (TPSA) is 92.4 Å². The fourth-order valence-corrected chi connectivity index (χ4v) is 1.20. The molecule has 0 radical (unpaired) electrons. The Morgan fingerprint density at radius 1 is 1.44 bits per heavy atom. The van der Waals surface area contributed by atoms with Crippen molar-refractivity contribution in [1.29, 1.82) is 0 Å². The molecule has 0 aromatic heterocycles. The summed E-state index contributed by atoms with van der Waals surface area (Å²) in [5, 5.41) is 11.0. The number of hydrogen-bond acceptors (Lipinski definition) is 3. The van der Waals surface area contributed by atoms with E-state index in [0.29, 0.717) is 11.3 Å². The van der Waals surface area contributed by atoms with E-state index in [2.05, 4.69) is 5.32 Å². The molecule has 5 heteroatoms. The van der Waals surface area contributed by atoms with Gasteiger partial charge in [0.1, 0.15) is 6.04 Å². The van der Waals surface area contributed by atoms with Crippen molar-refractivity contribution in [1.82, 2.24) is 5.32 Å². The molecule has 0 saturated heterocycles. The summed E-state index contributed by atoms with van der Waals surface area (Å²) >= 11 is 0. The number of benzene rings is 1. The normalized spacial score (nSPS) is 11.9. The van der Waals surface area contributed by atoms with Gasteiger partial charge < -0.3 is 16.2 Å². The number of carboxylic acids is 1. The van der Waals surface area contributed by atoms with Crippen molar-refractivity contribution in [2.45, 2.75) is 19.9 Å². The van der Waals surface area contributed by atoms with Crippen LogP contribution in [0.25, 0.3) is 0 Å². The van der Waals surface area contributed by atoms with E-state index in [-0.39, 0.29) is 0 Å². The Balaban J connectivity index is 2.88. The maximum atomic E-state index is 11.7. The smallest absolute Gasteiger partial charge is 0.325 e. The number of aryl methyl sites for hydroxylation is 1. The molecule has 0 spiro atoms. The number of anilines is 1. The van der Waals surface area contributed by atoms with Gasteiger partial charge in [-0.1, -0.05) is 11.6 Å². The van der Waals surface area contributed by atoms with E-state index < -0.39 is 17.9 Å². The molecule has 4 N–H and O–H groups in total. The highest BCUT2D eigenvalue weighted by molar-refractivity contribution is 6.00. The zero-order valence-corrected chi connectivity index (χ0v) is 9.15. The molecular weight excluding hydrogens is 208 g/mol. The first-order valence-corrected chi connectivity index (χ1v) is 4.81. The van der Waals surface area contributed by atoms with E-state index in [1.165, 1.54) is 6.92 Å². The first-order chi connectivity index (χ1) is 7.41. The lowest BCUT2D eigenvalue weighted by atomic mass is 10.1. The minimum Gasteiger partial charge on any atom is -0.480 e. The molecule has 0 bridgehead atoms. The Hall–Kier alpha value is -2.04. The predicted octanol–water partition coefficient (Wildman–Crippen LogP) is 0.780. The SMILES string of the molecule is Cc1ccc(N)c(C(=O)N[C@@H](C)C(=O)O)c1. The van der Waals surface area contributed by atoms with E-state index in [1.54, 1.807) is 18.2 Å². The van der Waals surface area contributed by atoms with Crippen LogP contribution in [0, 0.1) is 6.92 Å². The quantitative estimate of drug-likeness (QED) is 0.659. The van der Waals surface area contributed by atoms with Crippen molar-refractivity contribution < 1.29 is 14.7 Å². The molecule has 1 aromatic rings. The number of carbonyl (C=O) groups is 2. The zero-order chi connectivity index (χ0) is 12.3. The van der Waals surface area contributed by atoms with Gasteiger partial charge in [-0.2, -0.15) is 0 Å². The highest BCUT2D eigenvalue weighted by Gasteiger charge is 2.16. The molecule has 0 saturated carbocycles. The van der Waals surface area contributed by atoms with Crippen LogP contribution in [0.3, 0.4) is 0 Å². The fraction of sp³-hybridized carbons (Fsp3) is 0.273. The summed E-state index contributed by atoms with van der Waals surface area (Å²) in [5.41, 5.74) is 7.16. The van der Waals surface area contributed by atoms with Gasteiger partial charge >= 0.3 is 5.97 Å². The molecule has 0 aliphatic heterocycles. The summed E-state index contributed by atoms with van der Waals surface area (Å²) in [6, 6.07) is 4.09. The third-order valence-electron chi connectivity index (χ3n) is 2.17. The summed E-state index contributed by atoms with van der Waals surface area (Å²) in [5.74, 6) is -1.56. The molecule has 16 heavy (non-hydrogen) atoms. The average molecular weight is 222 g/mol. The molecule has 1 rings (SSSR count). The molecular formula is C11H14N2O3. The van der Waals surface area contributed by atoms with Crippen LogP contribution in [0.2, 0.25) is 0 Å². The molecule has 0 fully saturated rings. The van der Waals surface area contributed by atoms with Crippen LogP contribution in [-0.2, 0) is 4.79 Å². The number of nitrogens with one attached hydrogen (secondary N) is 1. The highest BCUT2D eigenvalue weighted by atomic mass is 16.4. The number of amides is 1. The summed E-state index contributed by atoms with van der Waals surface area (Å²) in [7, 11) is 0. The molecule has 86 valence electrons. The lowest BCUT2D eigenvalue weighted by Crippen LogP contribution is -2.38. The summed E-state index contributed by atoms with van der Waals surface area (Å²) in [6.45, 7) is 3.23.